The van der Waals surface area contributed by atoms with Crippen molar-refractivity contribution in [3.8, 4) is 5.75 Å². The van der Waals surface area contributed by atoms with Gasteiger partial charge in [0, 0.05) is 29.3 Å². The van der Waals surface area contributed by atoms with E-state index in [1.165, 1.54) is 22.5 Å². The number of amides is 1. The summed E-state index contributed by atoms with van der Waals surface area (Å²) in [5, 5.41) is 13.7. The van der Waals surface area contributed by atoms with E-state index in [9.17, 15) is 14.7 Å². The first kappa shape index (κ1) is 22.1. The number of benzene rings is 1. The normalized spacial score (nSPS) is 31.0. The molecule has 3 aliphatic carbocycles. The molecule has 3 aliphatic rings. The number of nitrogens with zero attached hydrogens (tertiary/aromatic N) is 1. The number of carbonyl (C=O) groups excluding carboxylic acids is 2. The van der Waals surface area contributed by atoms with Gasteiger partial charge < -0.3 is 10.4 Å². The molecule has 1 aromatic carbocycles. The number of rotatable bonds is 4. The summed E-state index contributed by atoms with van der Waals surface area (Å²) in [6.07, 6.45) is 7.46. The molecule has 170 valence electrons. The molecule has 5 nitrogen and oxygen atoms in total. The number of anilines is 1. The highest BCUT2D eigenvalue weighted by atomic mass is 79.9. The minimum Gasteiger partial charge on any atom is -0.507 e. The zero-order valence-corrected chi connectivity index (χ0v) is 20.9. The molecule has 2 N–H and O–H groups in total. The van der Waals surface area contributed by atoms with Crippen molar-refractivity contribution in [1.82, 2.24) is 4.98 Å². The van der Waals surface area contributed by atoms with Crippen molar-refractivity contribution in [2.75, 3.05) is 5.32 Å². The van der Waals surface area contributed by atoms with Crippen LogP contribution < -0.4 is 5.32 Å². The minimum absolute atomic E-state index is 0.0128. The Morgan fingerprint density at radius 1 is 1.38 bits per heavy atom. The highest BCUT2D eigenvalue weighted by Gasteiger charge is 2.58. The summed E-state index contributed by atoms with van der Waals surface area (Å²) in [5.41, 5.74) is 2.32. The lowest BCUT2D eigenvalue weighted by molar-refractivity contribution is -0.129. The molecule has 0 saturated heterocycles. The summed E-state index contributed by atoms with van der Waals surface area (Å²) in [4.78, 5) is 31.0. The summed E-state index contributed by atoms with van der Waals surface area (Å²) >= 11 is 4.98. The molecule has 7 heteroatoms. The van der Waals surface area contributed by atoms with E-state index in [1.807, 2.05) is 13.0 Å². The Morgan fingerprint density at radius 3 is 2.94 bits per heavy atom. The monoisotopic (exact) mass is 516 g/mol. The maximum absolute atomic E-state index is 13.1. The van der Waals surface area contributed by atoms with Crippen LogP contribution in [0.2, 0.25) is 0 Å². The largest absolute Gasteiger partial charge is 0.507 e. The fraction of sp³-hybridized carbons (Fsp3) is 0.560. The number of phenolic OH excluding ortho intramolecular Hbond substituents is 1. The number of aryl methyl sites for hydroxylation is 2. The number of thiazole rings is 1. The lowest BCUT2D eigenvalue weighted by atomic mass is 9.54. The Bertz CT molecular complexity index is 1080. The molecule has 2 saturated carbocycles. The number of ketones is 1. The molecule has 1 heterocycles. The van der Waals surface area contributed by atoms with Gasteiger partial charge in [0.1, 0.15) is 11.5 Å². The third-order valence-corrected chi connectivity index (χ3v) is 9.71. The molecule has 2 aromatic rings. The van der Waals surface area contributed by atoms with E-state index < -0.39 is 0 Å². The maximum atomic E-state index is 13.1. The molecular weight excluding hydrogens is 488 g/mol. The summed E-state index contributed by atoms with van der Waals surface area (Å²) < 4.78 is 0.748. The fourth-order valence-corrected chi connectivity index (χ4v) is 7.86. The number of carbonyl (C=O) groups is 2. The second-order valence-corrected chi connectivity index (χ2v) is 12.1. The van der Waals surface area contributed by atoms with Gasteiger partial charge in [-0.15, -0.1) is 11.3 Å². The van der Waals surface area contributed by atoms with E-state index in [4.69, 9.17) is 0 Å². The number of hydrogen-bond acceptors (Lipinski definition) is 5. The first-order valence-corrected chi connectivity index (χ1v) is 13.1. The van der Waals surface area contributed by atoms with Gasteiger partial charge in [-0.1, -0.05) is 6.92 Å². The van der Waals surface area contributed by atoms with Gasteiger partial charge in [0.2, 0.25) is 5.91 Å². The molecule has 32 heavy (non-hydrogen) atoms. The Balaban J connectivity index is 1.35. The number of halogens is 1. The van der Waals surface area contributed by atoms with Crippen LogP contribution in [0.3, 0.4) is 0 Å². The van der Waals surface area contributed by atoms with Crippen molar-refractivity contribution in [2.24, 2.45) is 23.2 Å². The first-order valence-electron chi connectivity index (χ1n) is 11.5. The molecule has 2 fully saturated rings. The number of aromatic hydroxyl groups is 1. The van der Waals surface area contributed by atoms with Crippen molar-refractivity contribution in [3.05, 3.63) is 38.8 Å². The third kappa shape index (κ3) is 3.71. The van der Waals surface area contributed by atoms with Crippen molar-refractivity contribution < 1.29 is 14.7 Å². The molecule has 0 radical (unpaired) electrons. The quantitative estimate of drug-likeness (QED) is 0.522. The first-order chi connectivity index (χ1) is 15.3. The smallest absolute Gasteiger partial charge is 0.226 e. The number of aromatic nitrogens is 1. The summed E-state index contributed by atoms with van der Waals surface area (Å²) in [5.74, 6) is 2.14. The van der Waals surface area contributed by atoms with Crippen LogP contribution in [0.5, 0.6) is 5.75 Å². The predicted octanol–water partition coefficient (Wildman–Crippen LogP) is 5.99. The number of fused-ring (bicyclic) bond motifs is 5. The van der Waals surface area contributed by atoms with Gasteiger partial charge in [0.25, 0.3) is 0 Å². The number of phenols is 1. The van der Waals surface area contributed by atoms with E-state index in [1.54, 1.807) is 6.20 Å². The molecule has 1 aromatic heterocycles. The molecule has 0 aliphatic heterocycles. The lowest BCUT2D eigenvalue weighted by Crippen LogP contribution is -2.44. The zero-order valence-electron chi connectivity index (χ0n) is 18.5. The van der Waals surface area contributed by atoms with Gasteiger partial charge in [0.05, 0.1) is 4.47 Å². The lowest BCUT2D eigenvalue weighted by Gasteiger charge is -2.50. The van der Waals surface area contributed by atoms with Crippen LogP contribution in [0.25, 0.3) is 0 Å². The molecule has 3 unspecified atom stereocenters. The molecule has 1 amide bonds. The van der Waals surface area contributed by atoms with Gasteiger partial charge >= 0.3 is 0 Å². The molecule has 5 atom stereocenters. The van der Waals surface area contributed by atoms with Gasteiger partial charge in [0.15, 0.2) is 5.13 Å². The van der Waals surface area contributed by atoms with E-state index in [-0.39, 0.29) is 17.2 Å². The topological polar surface area (TPSA) is 79.3 Å². The third-order valence-electron chi connectivity index (χ3n) is 8.25. The van der Waals surface area contributed by atoms with Crippen LogP contribution in [0.1, 0.15) is 67.4 Å². The van der Waals surface area contributed by atoms with E-state index in [0.717, 1.165) is 41.5 Å². The van der Waals surface area contributed by atoms with Gasteiger partial charge in [-0.3, -0.25) is 9.59 Å². The Hall–Kier alpha value is -1.73. The van der Waals surface area contributed by atoms with Crippen LogP contribution in [-0.2, 0) is 16.0 Å². The van der Waals surface area contributed by atoms with E-state index in [2.05, 4.69) is 39.2 Å². The van der Waals surface area contributed by atoms with Gasteiger partial charge in [-0.05, 0) is 102 Å². The van der Waals surface area contributed by atoms with Crippen LogP contribution in [0.4, 0.5) is 5.13 Å². The maximum Gasteiger partial charge on any atom is 0.226 e. The highest BCUT2D eigenvalue weighted by molar-refractivity contribution is 9.10. The van der Waals surface area contributed by atoms with Crippen molar-refractivity contribution in [3.63, 3.8) is 0 Å². The number of Topliss-reactive ketones (excluding diaryl/α,β-unsaturated/α-hetero) is 1. The average Bonchev–Trinajstić information content (AvgIpc) is 3.27. The van der Waals surface area contributed by atoms with Crippen molar-refractivity contribution in [1.29, 1.82) is 0 Å². The second-order valence-electron chi connectivity index (χ2n) is 10.0. The van der Waals surface area contributed by atoms with Crippen molar-refractivity contribution >= 4 is 44.1 Å². The minimum atomic E-state index is -0.264. The second kappa shape index (κ2) is 8.24. The summed E-state index contributed by atoms with van der Waals surface area (Å²) in [6, 6.07) is 4.00. The predicted molar refractivity (Wildman–Crippen MR) is 129 cm³/mol. The van der Waals surface area contributed by atoms with Crippen LogP contribution in [0, 0.1) is 30.1 Å². The van der Waals surface area contributed by atoms with Crippen LogP contribution in [-0.4, -0.2) is 21.8 Å². The van der Waals surface area contributed by atoms with E-state index in [0.29, 0.717) is 47.3 Å². The molecule has 5 rings (SSSR count). The van der Waals surface area contributed by atoms with E-state index >= 15 is 0 Å². The Labute approximate surface area is 201 Å². The highest BCUT2D eigenvalue weighted by Crippen LogP contribution is 2.62. The summed E-state index contributed by atoms with van der Waals surface area (Å²) in [7, 11) is 0. The average molecular weight is 517 g/mol. The number of nitrogens with one attached hydrogen (secondary N) is 1. The molecular formula is C25H29BrN2O3S. The van der Waals surface area contributed by atoms with Crippen molar-refractivity contribution in [2.45, 2.75) is 64.7 Å². The molecule has 0 bridgehead atoms. The van der Waals surface area contributed by atoms with Gasteiger partial charge in [-0.2, -0.15) is 0 Å². The summed E-state index contributed by atoms with van der Waals surface area (Å²) in [6.45, 7) is 4.15. The standard InChI is InChI=1S/C25H29BrN2O3S/c1-13-12-27-24(32-13)28-22(31)6-4-15-10-21(30)25(2)8-7-16-17(23(15)25)5-3-14-9-20(29)19(26)11-18(14)16/h9,11-12,15-17,23,29H,3-8,10H2,1-2H3,(H,27,28,31)/t15-,16?,17?,23?,25-/m1/s1. The van der Waals surface area contributed by atoms with Gasteiger partial charge in [-0.25, -0.2) is 4.98 Å². The molecule has 0 spiro atoms. The Morgan fingerprint density at radius 2 is 2.19 bits per heavy atom. The zero-order chi connectivity index (χ0) is 22.6. The number of hydrogen-bond donors (Lipinski definition) is 2. The Kier molecular flexibility index (Phi) is 5.69. The van der Waals surface area contributed by atoms with Crippen LogP contribution in [0.15, 0.2) is 22.8 Å². The SMILES string of the molecule is Cc1cnc(NC(=O)CC[C@@H]2CC(=O)[C@@]3(C)CCC4c5cc(Br)c(O)cc5CCC4C23)s1. The van der Waals surface area contributed by atoms with Crippen LogP contribution >= 0.6 is 27.3 Å². The fourth-order valence-electron chi connectivity index (χ4n) is 6.82.